The molecule has 6 nitrogen and oxygen atoms in total. The summed E-state index contributed by atoms with van der Waals surface area (Å²) in [6.45, 7) is 0.263. The van der Waals surface area contributed by atoms with Crippen molar-refractivity contribution in [2.45, 2.75) is 6.42 Å². The molecular formula is C19H18FN3O3S. The zero-order valence-electron chi connectivity index (χ0n) is 14.6. The van der Waals surface area contributed by atoms with Crippen LogP contribution < -0.4 is 0 Å². The number of aromatic nitrogens is 2. The van der Waals surface area contributed by atoms with Crippen LogP contribution in [0.15, 0.2) is 54.2 Å². The van der Waals surface area contributed by atoms with Crippen molar-refractivity contribution in [1.29, 1.82) is 0 Å². The van der Waals surface area contributed by atoms with Crippen molar-refractivity contribution < 1.29 is 19.1 Å². The van der Waals surface area contributed by atoms with Crippen molar-refractivity contribution in [2.24, 2.45) is 0 Å². The maximum absolute atomic E-state index is 13.9. The number of benzene rings is 1. The third-order valence-corrected chi connectivity index (χ3v) is 4.42. The number of rotatable bonds is 5. The molecule has 0 unspecified atom stereocenters. The van der Waals surface area contributed by atoms with Gasteiger partial charge >= 0.3 is 0 Å². The van der Waals surface area contributed by atoms with Gasteiger partial charge in [-0.3, -0.25) is 14.6 Å². The first kappa shape index (κ1) is 20.2. The maximum atomic E-state index is 13.9. The van der Waals surface area contributed by atoms with Crippen LogP contribution in [0, 0.1) is 5.82 Å². The summed E-state index contributed by atoms with van der Waals surface area (Å²) in [5, 5.41) is 9.40. The molecule has 0 aliphatic heterocycles. The lowest BCUT2D eigenvalue weighted by atomic mass is 10.1. The fourth-order valence-corrected chi connectivity index (χ4v) is 2.98. The Balaban J connectivity index is 0.000000817. The molecule has 0 bridgehead atoms. The highest BCUT2D eigenvalue weighted by Gasteiger charge is 2.15. The van der Waals surface area contributed by atoms with E-state index >= 15 is 0 Å². The molecule has 0 spiro atoms. The number of pyridine rings is 1. The minimum Gasteiger partial charge on any atom is -0.483 e. The van der Waals surface area contributed by atoms with Gasteiger partial charge in [-0.15, -0.1) is 11.3 Å². The van der Waals surface area contributed by atoms with Crippen molar-refractivity contribution in [3.63, 3.8) is 0 Å². The minimum absolute atomic E-state index is 0.219. The molecule has 0 saturated carbocycles. The molecule has 0 saturated heterocycles. The minimum atomic E-state index is -0.441. The summed E-state index contributed by atoms with van der Waals surface area (Å²) in [4.78, 5) is 30.9. The number of carbonyl (C=O) groups excluding carboxylic acids is 1. The van der Waals surface area contributed by atoms with E-state index in [0.29, 0.717) is 29.1 Å². The standard InChI is InChI=1S/C18H16FN3OS.CH2O2/c1-22(8-5-16-4-2-3-6-20-16)18(23)14-10-13(11-15(19)12-14)17-21-7-9-24-17;2-1-3/h2-4,6-7,9-12H,5,8H2,1H3;1H,(H,2,3). The van der Waals surface area contributed by atoms with E-state index in [0.717, 1.165) is 5.69 Å². The third kappa shape index (κ3) is 5.96. The molecule has 3 aromatic rings. The summed E-state index contributed by atoms with van der Waals surface area (Å²) in [6, 6.07) is 10.0. The van der Waals surface area contributed by atoms with Gasteiger partial charge in [0.25, 0.3) is 12.4 Å². The van der Waals surface area contributed by atoms with Crippen molar-refractivity contribution in [3.05, 3.63) is 71.2 Å². The molecule has 0 atom stereocenters. The second-order valence-electron chi connectivity index (χ2n) is 5.47. The molecule has 1 aromatic carbocycles. The van der Waals surface area contributed by atoms with Crippen molar-refractivity contribution in [1.82, 2.24) is 14.9 Å². The van der Waals surface area contributed by atoms with Gasteiger partial charge in [-0.2, -0.15) is 0 Å². The lowest BCUT2D eigenvalue weighted by Crippen LogP contribution is -2.29. The SMILES string of the molecule is CN(CCc1ccccn1)C(=O)c1cc(F)cc(-c2nccs2)c1.O=CO. The maximum Gasteiger partial charge on any atom is 0.290 e. The second-order valence-corrected chi connectivity index (χ2v) is 6.36. The van der Waals surface area contributed by atoms with Crippen molar-refractivity contribution >= 4 is 23.7 Å². The molecule has 140 valence electrons. The quantitative estimate of drug-likeness (QED) is 0.679. The van der Waals surface area contributed by atoms with E-state index < -0.39 is 5.82 Å². The van der Waals surface area contributed by atoms with Gasteiger partial charge in [0.05, 0.1) is 0 Å². The molecule has 0 aliphatic carbocycles. The molecular weight excluding hydrogens is 369 g/mol. The van der Waals surface area contributed by atoms with Gasteiger partial charge in [-0.25, -0.2) is 9.37 Å². The van der Waals surface area contributed by atoms with Gasteiger partial charge in [-0.1, -0.05) is 6.07 Å². The molecule has 3 rings (SSSR count). The number of carbonyl (C=O) groups is 2. The Morgan fingerprint density at radius 3 is 2.67 bits per heavy atom. The summed E-state index contributed by atoms with van der Waals surface area (Å²) in [7, 11) is 1.71. The number of amides is 1. The van der Waals surface area contributed by atoms with E-state index in [1.165, 1.54) is 23.5 Å². The summed E-state index contributed by atoms with van der Waals surface area (Å²) in [6.07, 6.45) is 4.03. The van der Waals surface area contributed by atoms with Gasteiger partial charge in [0.2, 0.25) is 0 Å². The van der Waals surface area contributed by atoms with Crippen molar-refractivity contribution in [2.75, 3.05) is 13.6 Å². The Kier molecular flexibility index (Phi) is 7.57. The summed E-state index contributed by atoms with van der Waals surface area (Å²) >= 11 is 1.41. The Bertz CT molecular complexity index is 873. The first-order valence-electron chi connectivity index (χ1n) is 7.99. The first-order valence-corrected chi connectivity index (χ1v) is 8.86. The molecule has 27 heavy (non-hydrogen) atoms. The fourth-order valence-electron chi connectivity index (χ4n) is 2.35. The number of nitrogens with zero attached hydrogens (tertiary/aromatic N) is 3. The lowest BCUT2D eigenvalue weighted by molar-refractivity contribution is -0.122. The topological polar surface area (TPSA) is 83.4 Å². The molecule has 1 amide bonds. The van der Waals surface area contributed by atoms with E-state index in [1.807, 2.05) is 23.6 Å². The molecule has 2 aromatic heterocycles. The fraction of sp³-hybridized carbons (Fsp3) is 0.158. The van der Waals surface area contributed by atoms with Gasteiger partial charge in [0.1, 0.15) is 10.8 Å². The van der Waals surface area contributed by atoms with Crippen LogP contribution in [-0.4, -0.2) is 45.9 Å². The zero-order valence-corrected chi connectivity index (χ0v) is 15.4. The average Bonchev–Trinajstić information content (AvgIpc) is 3.21. The predicted octanol–water partition coefficient (Wildman–Crippen LogP) is 3.36. The summed E-state index contributed by atoms with van der Waals surface area (Å²) in [5.74, 6) is -0.660. The van der Waals surface area contributed by atoms with E-state index in [-0.39, 0.29) is 12.4 Å². The van der Waals surface area contributed by atoms with Crippen LogP contribution in [0.25, 0.3) is 10.6 Å². The van der Waals surface area contributed by atoms with Crippen LogP contribution in [0.1, 0.15) is 16.1 Å². The van der Waals surface area contributed by atoms with Gasteiger partial charge in [0, 0.05) is 54.6 Å². The summed E-state index contributed by atoms with van der Waals surface area (Å²) in [5.41, 5.74) is 1.86. The van der Waals surface area contributed by atoms with Crippen LogP contribution in [0.3, 0.4) is 0 Å². The van der Waals surface area contributed by atoms with E-state index in [2.05, 4.69) is 9.97 Å². The van der Waals surface area contributed by atoms with E-state index in [9.17, 15) is 9.18 Å². The third-order valence-electron chi connectivity index (χ3n) is 3.60. The van der Waals surface area contributed by atoms with E-state index in [4.69, 9.17) is 9.90 Å². The first-order chi connectivity index (χ1) is 13.0. The average molecular weight is 387 g/mol. The number of hydrogen-bond acceptors (Lipinski definition) is 5. The Morgan fingerprint density at radius 2 is 2.04 bits per heavy atom. The van der Waals surface area contributed by atoms with Crippen LogP contribution in [-0.2, 0) is 11.2 Å². The number of carboxylic acid groups (broad SMARTS) is 1. The van der Waals surface area contributed by atoms with E-state index in [1.54, 1.807) is 30.4 Å². The van der Waals surface area contributed by atoms with Gasteiger partial charge < -0.3 is 10.0 Å². The van der Waals surface area contributed by atoms with Crippen LogP contribution in [0.4, 0.5) is 4.39 Å². The highest BCUT2D eigenvalue weighted by molar-refractivity contribution is 7.13. The molecule has 0 fully saturated rings. The number of thiazole rings is 1. The zero-order chi connectivity index (χ0) is 19.6. The highest BCUT2D eigenvalue weighted by Crippen LogP contribution is 2.24. The lowest BCUT2D eigenvalue weighted by Gasteiger charge is -2.17. The molecule has 1 N–H and O–H groups in total. The highest BCUT2D eigenvalue weighted by atomic mass is 32.1. The number of likely N-dealkylation sites (N-methyl/N-ethyl adjacent to an activating group) is 1. The Hall–Kier alpha value is -3.13. The van der Waals surface area contributed by atoms with Crippen LogP contribution >= 0.6 is 11.3 Å². The van der Waals surface area contributed by atoms with Crippen LogP contribution in [0.2, 0.25) is 0 Å². The van der Waals surface area contributed by atoms with Crippen molar-refractivity contribution in [3.8, 4) is 10.6 Å². The molecule has 2 heterocycles. The Labute approximate surface area is 159 Å². The molecule has 0 radical (unpaired) electrons. The summed E-state index contributed by atoms with van der Waals surface area (Å²) < 4.78 is 13.9. The smallest absolute Gasteiger partial charge is 0.290 e. The normalized spacial score (nSPS) is 9.85. The van der Waals surface area contributed by atoms with Gasteiger partial charge in [0.15, 0.2) is 0 Å². The number of hydrogen-bond donors (Lipinski definition) is 1. The largest absolute Gasteiger partial charge is 0.483 e. The van der Waals surface area contributed by atoms with Crippen LogP contribution in [0.5, 0.6) is 0 Å². The van der Waals surface area contributed by atoms with Gasteiger partial charge in [-0.05, 0) is 30.3 Å². The second kappa shape index (κ2) is 10.1. The monoisotopic (exact) mass is 387 g/mol. The number of halogens is 1. The molecule has 0 aliphatic rings. The molecule has 8 heteroatoms. The Morgan fingerprint density at radius 1 is 1.26 bits per heavy atom. The predicted molar refractivity (Wildman–Crippen MR) is 101 cm³/mol.